The second kappa shape index (κ2) is 6.66. The molecular weight excluding hydrogens is 240 g/mol. The van der Waals surface area contributed by atoms with E-state index in [1.165, 1.54) is 0 Å². The van der Waals surface area contributed by atoms with Crippen LogP contribution in [0, 0.1) is 5.92 Å². The predicted molar refractivity (Wildman–Crippen MR) is 73.7 cm³/mol. The lowest BCUT2D eigenvalue weighted by molar-refractivity contribution is -0.144. The van der Waals surface area contributed by atoms with E-state index < -0.39 is 5.97 Å². The van der Waals surface area contributed by atoms with Crippen molar-refractivity contribution in [2.24, 2.45) is 5.92 Å². The topological polar surface area (TPSA) is 53.4 Å². The van der Waals surface area contributed by atoms with Gasteiger partial charge < -0.3 is 5.11 Å². The third kappa shape index (κ3) is 3.77. The summed E-state index contributed by atoms with van der Waals surface area (Å²) in [5, 5.41) is 9.41. The third-order valence-electron chi connectivity index (χ3n) is 4.00. The van der Waals surface area contributed by atoms with Crippen LogP contribution < -0.4 is 0 Å². The van der Waals surface area contributed by atoms with Gasteiger partial charge in [-0.3, -0.25) is 14.7 Å². The van der Waals surface area contributed by atoms with Crippen molar-refractivity contribution in [1.29, 1.82) is 0 Å². The Morgan fingerprint density at radius 3 is 2.84 bits per heavy atom. The Hall–Kier alpha value is -1.42. The number of hydrogen-bond acceptors (Lipinski definition) is 3. The van der Waals surface area contributed by atoms with Crippen LogP contribution in [0.25, 0.3) is 0 Å². The van der Waals surface area contributed by atoms with Gasteiger partial charge in [-0.05, 0) is 32.0 Å². The summed E-state index contributed by atoms with van der Waals surface area (Å²) in [4.78, 5) is 17.9. The summed E-state index contributed by atoms with van der Waals surface area (Å²) in [6.07, 6.45) is 6.86. The van der Waals surface area contributed by atoms with Crippen LogP contribution >= 0.6 is 0 Å². The molecule has 1 aromatic rings. The first kappa shape index (κ1) is 14.0. The number of rotatable bonds is 4. The minimum atomic E-state index is -0.653. The molecule has 4 heteroatoms. The average Bonchev–Trinajstić information content (AvgIpc) is 2.65. The Kier molecular flexibility index (Phi) is 4.91. The van der Waals surface area contributed by atoms with E-state index in [2.05, 4.69) is 9.88 Å². The zero-order valence-corrected chi connectivity index (χ0v) is 11.5. The van der Waals surface area contributed by atoms with Gasteiger partial charge in [-0.2, -0.15) is 0 Å². The van der Waals surface area contributed by atoms with Crippen molar-refractivity contribution in [2.75, 3.05) is 7.05 Å². The summed E-state index contributed by atoms with van der Waals surface area (Å²) < 4.78 is 0. The van der Waals surface area contributed by atoms with Gasteiger partial charge in [0.15, 0.2) is 0 Å². The van der Waals surface area contributed by atoms with Crippen LogP contribution in [0.3, 0.4) is 0 Å². The van der Waals surface area contributed by atoms with E-state index >= 15 is 0 Å². The highest BCUT2D eigenvalue weighted by Crippen LogP contribution is 2.27. The van der Waals surface area contributed by atoms with Gasteiger partial charge >= 0.3 is 5.97 Å². The zero-order chi connectivity index (χ0) is 13.7. The van der Waals surface area contributed by atoms with Crippen molar-refractivity contribution in [3.05, 3.63) is 30.1 Å². The first-order chi connectivity index (χ1) is 9.18. The highest BCUT2D eigenvalue weighted by Gasteiger charge is 2.32. The molecule has 104 valence electrons. The molecule has 4 nitrogen and oxygen atoms in total. The second-order valence-corrected chi connectivity index (χ2v) is 5.39. The SMILES string of the molecule is CN(Cc1ccccn1)C1CCCCCC1C(=O)O. The Labute approximate surface area is 114 Å². The summed E-state index contributed by atoms with van der Waals surface area (Å²) >= 11 is 0. The largest absolute Gasteiger partial charge is 0.481 e. The van der Waals surface area contributed by atoms with Crippen LogP contribution in [0.5, 0.6) is 0 Å². The van der Waals surface area contributed by atoms with E-state index in [1.807, 2.05) is 25.2 Å². The molecular formula is C15H22N2O2. The molecule has 2 rings (SSSR count). The van der Waals surface area contributed by atoms with E-state index in [1.54, 1.807) is 6.20 Å². The molecule has 1 N–H and O–H groups in total. The molecule has 2 unspecified atom stereocenters. The quantitative estimate of drug-likeness (QED) is 0.847. The third-order valence-corrected chi connectivity index (χ3v) is 4.00. The maximum atomic E-state index is 11.4. The van der Waals surface area contributed by atoms with Gasteiger partial charge in [0.05, 0.1) is 11.6 Å². The molecule has 1 aliphatic rings. The highest BCUT2D eigenvalue weighted by atomic mass is 16.4. The Bertz CT molecular complexity index is 408. The van der Waals surface area contributed by atoms with Crippen molar-refractivity contribution in [3.8, 4) is 0 Å². The second-order valence-electron chi connectivity index (χ2n) is 5.39. The molecule has 0 aromatic carbocycles. The molecule has 1 saturated carbocycles. The number of nitrogens with zero attached hydrogens (tertiary/aromatic N) is 2. The lowest BCUT2D eigenvalue weighted by atomic mass is 9.93. The van der Waals surface area contributed by atoms with Crippen molar-refractivity contribution in [1.82, 2.24) is 9.88 Å². The highest BCUT2D eigenvalue weighted by molar-refractivity contribution is 5.70. The lowest BCUT2D eigenvalue weighted by Gasteiger charge is -2.31. The maximum absolute atomic E-state index is 11.4. The molecule has 0 bridgehead atoms. The standard InChI is InChI=1S/C15H22N2O2/c1-17(11-12-7-5-6-10-16-12)14-9-4-2-3-8-13(14)15(18)19/h5-7,10,13-14H,2-4,8-9,11H2,1H3,(H,18,19). The van der Waals surface area contributed by atoms with E-state index in [4.69, 9.17) is 0 Å². The van der Waals surface area contributed by atoms with Crippen LogP contribution in [-0.2, 0) is 11.3 Å². The van der Waals surface area contributed by atoms with Crippen molar-refractivity contribution in [3.63, 3.8) is 0 Å². The normalized spacial score (nSPS) is 24.1. The molecule has 0 aliphatic heterocycles. The van der Waals surface area contributed by atoms with Gasteiger partial charge in [-0.15, -0.1) is 0 Å². The molecule has 0 spiro atoms. The Morgan fingerprint density at radius 2 is 2.16 bits per heavy atom. The molecule has 0 radical (unpaired) electrons. The predicted octanol–water partition coefficient (Wildman–Crippen LogP) is 2.55. The summed E-state index contributed by atoms with van der Waals surface area (Å²) in [6.45, 7) is 0.718. The van der Waals surface area contributed by atoms with Gasteiger partial charge in [0.1, 0.15) is 0 Å². The molecule has 1 aliphatic carbocycles. The number of carbonyl (C=O) groups is 1. The van der Waals surface area contributed by atoms with Gasteiger partial charge in [-0.25, -0.2) is 0 Å². The first-order valence-electron chi connectivity index (χ1n) is 7.01. The van der Waals surface area contributed by atoms with Crippen LogP contribution in [0.15, 0.2) is 24.4 Å². The fourth-order valence-electron chi connectivity index (χ4n) is 2.97. The molecule has 2 atom stereocenters. The number of hydrogen-bond donors (Lipinski definition) is 1. The van der Waals surface area contributed by atoms with Gasteiger partial charge in [-0.1, -0.05) is 25.3 Å². The number of carboxylic acids is 1. The van der Waals surface area contributed by atoms with Gasteiger partial charge in [0, 0.05) is 18.8 Å². The molecule has 1 aromatic heterocycles. The maximum Gasteiger partial charge on any atom is 0.308 e. The van der Waals surface area contributed by atoms with Crippen LogP contribution in [0.2, 0.25) is 0 Å². The van der Waals surface area contributed by atoms with E-state index in [0.717, 1.165) is 44.3 Å². The smallest absolute Gasteiger partial charge is 0.308 e. The van der Waals surface area contributed by atoms with E-state index in [-0.39, 0.29) is 12.0 Å². The van der Waals surface area contributed by atoms with Crippen LogP contribution in [0.4, 0.5) is 0 Å². The molecule has 0 saturated heterocycles. The van der Waals surface area contributed by atoms with Crippen molar-refractivity contribution >= 4 is 5.97 Å². The van der Waals surface area contributed by atoms with Crippen LogP contribution in [-0.4, -0.2) is 34.0 Å². The number of carboxylic acid groups (broad SMARTS) is 1. The first-order valence-corrected chi connectivity index (χ1v) is 7.01. The summed E-state index contributed by atoms with van der Waals surface area (Å²) in [6, 6.07) is 5.98. The minimum Gasteiger partial charge on any atom is -0.481 e. The number of pyridine rings is 1. The monoisotopic (exact) mass is 262 g/mol. The average molecular weight is 262 g/mol. The van der Waals surface area contributed by atoms with Gasteiger partial charge in [0.25, 0.3) is 0 Å². The fraction of sp³-hybridized carbons (Fsp3) is 0.600. The Morgan fingerprint density at radius 1 is 1.37 bits per heavy atom. The number of aromatic nitrogens is 1. The van der Waals surface area contributed by atoms with Crippen LogP contribution in [0.1, 0.15) is 37.8 Å². The fourth-order valence-corrected chi connectivity index (χ4v) is 2.97. The Balaban J connectivity index is 2.06. The van der Waals surface area contributed by atoms with E-state index in [0.29, 0.717) is 0 Å². The zero-order valence-electron chi connectivity index (χ0n) is 11.5. The van der Waals surface area contributed by atoms with E-state index in [9.17, 15) is 9.90 Å². The molecule has 1 fully saturated rings. The van der Waals surface area contributed by atoms with Crippen molar-refractivity contribution in [2.45, 2.75) is 44.7 Å². The summed E-state index contributed by atoms with van der Waals surface area (Å²) in [5.74, 6) is -0.893. The van der Waals surface area contributed by atoms with Gasteiger partial charge in [0.2, 0.25) is 0 Å². The summed E-state index contributed by atoms with van der Waals surface area (Å²) in [7, 11) is 2.01. The summed E-state index contributed by atoms with van der Waals surface area (Å²) in [5.41, 5.74) is 0.999. The molecule has 19 heavy (non-hydrogen) atoms. The van der Waals surface area contributed by atoms with Crippen molar-refractivity contribution < 1.29 is 9.90 Å². The molecule has 1 heterocycles. The number of aliphatic carboxylic acids is 1. The minimum absolute atomic E-state index is 0.127. The lowest BCUT2D eigenvalue weighted by Crippen LogP contribution is -2.40. The molecule has 0 amide bonds.